The van der Waals surface area contributed by atoms with Crippen LogP contribution in [0.5, 0.6) is 0 Å². The molecule has 0 bridgehead atoms. The Morgan fingerprint density at radius 3 is 2.84 bits per heavy atom. The second kappa shape index (κ2) is 5.04. The van der Waals surface area contributed by atoms with Crippen molar-refractivity contribution in [3.05, 3.63) is 45.4 Å². The second-order valence-corrected chi connectivity index (χ2v) is 4.96. The van der Waals surface area contributed by atoms with E-state index in [0.29, 0.717) is 36.2 Å². The molecule has 3 nitrogen and oxygen atoms in total. The third-order valence-electron chi connectivity index (χ3n) is 2.95. The van der Waals surface area contributed by atoms with E-state index < -0.39 is 5.82 Å². The fourth-order valence-electron chi connectivity index (χ4n) is 1.96. The van der Waals surface area contributed by atoms with Crippen molar-refractivity contribution in [2.75, 3.05) is 6.61 Å². The Morgan fingerprint density at radius 2 is 2.05 bits per heavy atom. The number of benzene rings is 1. The third-order valence-corrected chi connectivity index (χ3v) is 3.55. The SMILES string of the molecule is Fc1ccc(-c2nc(Cl)c3c(n2)CCOC3)cc1Cl. The lowest BCUT2D eigenvalue weighted by Gasteiger charge is -2.17. The molecule has 0 unspecified atom stereocenters. The molecule has 1 aromatic carbocycles. The largest absolute Gasteiger partial charge is 0.376 e. The van der Waals surface area contributed by atoms with Gasteiger partial charge in [-0.1, -0.05) is 23.2 Å². The summed E-state index contributed by atoms with van der Waals surface area (Å²) in [6.45, 7) is 1.04. The fraction of sp³-hybridized carbons (Fsp3) is 0.231. The van der Waals surface area contributed by atoms with Gasteiger partial charge in [0.2, 0.25) is 0 Å². The van der Waals surface area contributed by atoms with Crippen LogP contribution in [-0.2, 0) is 17.8 Å². The van der Waals surface area contributed by atoms with Gasteiger partial charge in [0.25, 0.3) is 0 Å². The summed E-state index contributed by atoms with van der Waals surface area (Å²) in [6, 6.07) is 4.37. The van der Waals surface area contributed by atoms with Gasteiger partial charge in [0.1, 0.15) is 11.0 Å². The van der Waals surface area contributed by atoms with E-state index in [0.717, 1.165) is 11.3 Å². The van der Waals surface area contributed by atoms with Crippen LogP contribution in [0.3, 0.4) is 0 Å². The zero-order valence-corrected chi connectivity index (χ0v) is 11.3. The Balaban J connectivity index is 2.10. The maximum absolute atomic E-state index is 13.2. The smallest absolute Gasteiger partial charge is 0.161 e. The number of aromatic nitrogens is 2. The van der Waals surface area contributed by atoms with Crippen LogP contribution in [0.4, 0.5) is 4.39 Å². The van der Waals surface area contributed by atoms with Gasteiger partial charge in [0.15, 0.2) is 5.82 Å². The number of halogens is 3. The summed E-state index contributed by atoms with van der Waals surface area (Å²) in [5.41, 5.74) is 2.34. The van der Waals surface area contributed by atoms with E-state index in [1.54, 1.807) is 6.07 Å². The molecule has 0 aliphatic carbocycles. The number of fused-ring (bicyclic) bond motifs is 1. The molecule has 0 fully saturated rings. The number of hydrogen-bond donors (Lipinski definition) is 0. The molecule has 2 heterocycles. The first-order valence-corrected chi connectivity index (χ1v) is 6.49. The first-order valence-electron chi connectivity index (χ1n) is 5.73. The van der Waals surface area contributed by atoms with Crippen molar-refractivity contribution in [2.24, 2.45) is 0 Å². The van der Waals surface area contributed by atoms with Crippen molar-refractivity contribution in [1.29, 1.82) is 0 Å². The fourth-order valence-corrected chi connectivity index (χ4v) is 2.38. The van der Waals surface area contributed by atoms with Gasteiger partial charge in [-0.3, -0.25) is 0 Å². The summed E-state index contributed by atoms with van der Waals surface area (Å²) in [4.78, 5) is 8.68. The summed E-state index contributed by atoms with van der Waals surface area (Å²) in [5, 5.41) is 0.415. The van der Waals surface area contributed by atoms with Crippen molar-refractivity contribution in [3.63, 3.8) is 0 Å². The molecular formula is C13H9Cl2FN2O. The minimum absolute atomic E-state index is 0.0401. The molecule has 6 heteroatoms. The van der Waals surface area contributed by atoms with Gasteiger partial charge < -0.3 is 4.74 Å². The highest BCUT2D eigenvalue weighted by Gasteiger charge is 2.18. The molecule has 98 valence electrons. The van der Waals surface area contributed by atoms with E-state index in [-0.39, 0.29) is 5.02 Å². The highest BCUT2D eigenvalue weighted by molar-refractivity contribution is 6.31. The normalized spacial score (nSPS) is 14.3. The molecule has 0 saturated heterocycles. The van der Waals surface area contributed by atoms with Gasteiger partial charge in [-0.15, -0.1) is 0 Å². The summed E-state index contributed by atoms with van der Waals surface area (Å²) in [5.74, 6) is -0.0181. The Morgan fingerprint density at radius 1 is 1.21 bits per heavy atom. The summed E-state index contributed by atoms with van der Waals surface area (Å²) in [6.07, 6.45) is 0.694. The van der Waals surface area contributed by atoms with E-state index in [4.69, 9.17) is 27.9 Å². The summed E-state index contributed by atoms with van der Waals surface area (Å²) >= 11 is 11.9. The number of nitrogens with zero attached hydrogens (tertiary/aromatic N) is 2. The van der Waals surface area contributed by atoms with E-state index in [2.05, 4.69) is 9.97 Å². The van der Waals surface area contributed by atoms with Gasteiger partial charge in [-0.25, -0.2) is 14.4 Å². The number of rotatable bonds is 1. The molecule has 0 atom stereocenters. The standard InChI is InChI=1S/C13H9Cl2FN2O/c14-9-5-7(1-2-10(9)16)13-17-11-3-4-19-6-8(11)12(15)18-13/h1-2,5H,3-4,6H2. The van der Waals surface area contributed by atoms with Gasteiger partial charge >= 0.3 is 0 Å². The topological polar surface area (TPSA) is 35.0 Å². The third kappa shape index (κ3) is 2.43. The monoisotopic (exact) mass is 298 g/mol. The lowest BCUT2D eigenvalue weighted by atomic mass is 10.1. The minimum Gasteiger partial charge on any atom is -0.376 e. The van der Waals surface area contributed by atoms with E-state index in [1.807, 2.05) is 0 Å². The predicted octanol–water partition coefficient (Wildman–Crippen LogP) is 3.66. The molecule has 19 heavy (non-hydrogen) atoms. The molecular weight excluding hydrogens is 290 g/mol. The van der Waals surface area contributed by atoms with E-state index >= 15 is 0 Å². The Bertz CT molecular complexity index is 649. The molecule has 0 amide bonds. The van der Waals surface area contributed by atoms with Crippen molar-refractivity contribution < 1.29 is 9.13 Å². The van der Waals surface area contributed by atoms with Crippen LogP contribution in [0.2, 0.25) is 10.2 Å². The summed E-state index contributed by atoms with van der Waals surface area (Å²) < 4.78 is 18.5. The maximum Gasteiger partial charge on any atom is 0.161 e. The van der Waals surface area contributed by atoms with Gasteiger partial charge in [-0.2, -0.15) is 0 Å². The molecule has 1 aliphatic rings. The quantitative estimate of drug-likeness (QED) is 0.754. The van der Waals surface area contributed by atoms with Gasteiger partial charge in [-0.05, 0) is 18.2 Å². The van der Waals surface area contributed by atoms with Crippen molar-refractivity contribution in [2.45, 2.75) is 13.0 Å². The van der Waals surface area contributed by atoms with Gasteiger partial charge in [0.05, 0.1) is 23.9 Å². The molecule has 2 aromatic rings. The van der Waals surface area contributed by atoms with E-state index in [9.17, 15) is 4.39 Å². The lowest BCUT2D eigenvalue weighted by Crippen LogP contribution is -2.14. The van der Waals surface area contributed by atoms with Crippen molar-refractivity contribution >= 4 is 23.2 Å². The van der Waals surface area contributed by atoms with Crippen LogP contribution in [0.25, 0.3) is 11.4 Å². The average Bonchev–Trinajstić information content (AvgIpc) is 2.42. The first-order chi connectivity index (χ1) is 9.15. The lowest BCUT2D eigenvalue weighted by molar-refractivity contribution is 0.109. The molecule has 1 aliphatic heterocycles. The maximum atomic E-state index is 13.2. The zero-order valence-electron chi connectivity index (χ0n) is 9.79. The zero-order chi connectivity index (χ0) is 13.4. The Hall–Kier alpha value is -1.23. The molecule has 0 N–H and O–H groups in total. The van der Waals surface area contributed by atoms with Crippen LogP contribution >= 0.6 is 23.2 Å². The Labute approximate surface area is 119 Å². The van der Waals surface area contributed by atoms with Crippen LogP contribution < -0.4 is 0 Å². The average molecular weight is 299 g/mol. The molecule has 1 aromatic heterocycles. The van der Waals surface area contributed by atoms with Crippen LogP contribution in [0.15, 0.2) is 18.2 Å². The minimum atomic E-state index is -0.470. The Kier molecular flexibility index (Phi) is 3.39. The van der Waals surface area contributed by atoms with Crippen molar-refractivity contribution in [3.8, 4) is 11.4 Å². The number of ether oxygens (including phenoxy) is 1. The van der Waals surface area contributed by atoms with Crippen molar-refractivity contribution in [1.82, 2.24) is 9.97 Å². The van der Waals surface area contributed by atoms with Crippen LogP contribution in [-0.4, -0.2) is 16.6 Å². The summed E-state index contributed by atoms with van der Waals surface area (Å²) in [7, 11) is 0. The van der Waals surface area contributed by atoms with Gasteiger partial charge in [0, 0.05) is 17.5 Å². The molecule has 0 saturated carbocycles. The highest BCUT2D eigenvalue weighted by Crippen LogP contribution is 2.27. The van der Waals surface area contributed by atoms with Crippen LogP contribution in [0.1, 0.15) is 11.3 Å². The number of hydrogen-bond acceptors (Lipinski definition) is 3. The molecule has 0 spiro atoms. The van der Waals surface area contributed by atoms with Crippen LogP contribution in [0, 0.1) is 5.82 Å². The molecule has 3 rings (SSSR count). The predicted molar refractivity (Wildman–Crippen MR) is 70.8 cm³/mol. The highest BCUT2D eigenvalue weighted by atomic mass is 35.5. The second-order valence-electron chi connectivity index (χ2n) is 4.19. The van der Waals surface area contributed by atoms with E-state index in [1.165, 1.54) is 12.1 Å². The molecule has 0 radical (unpaired) electrons. The first kappa shape index (κ1) is 12.8.